The van der Waals surface area contributed by atoms with Crippen molar-refractivity contribution in [2.24, 2.45) is 0 Å². The molecule has 5 nitrogen and oxygen atoms in total. The Morgan fingerprint density at radius 1 is 0.962 bits per heavy atom. The van der Waals surface area contributed by atoms with Crippen LogP contribution in [0, 0.1) is 0 Å². The Bertz CT molecular complexity index is 704. The van der Waals surface area contributed by atoms with Gasteiger partial charge in [0.25, 0.3) is 11.8 Å². The lowest BCUT2D eigenvalue weighted by Crippen LogP contribution is -2.34. The molecule has 0 radical (unpaired) electrons. The molecule has 1 aliphatic heterocycles. The zero-order valence-corrected chi connectivity index (χ0v) is 16.6. The zero-order valence-electron chi connectivity index (χ0n) is 16.6. The van der Waals surface area contributed by atoms with Gasteiger partial charge in [-0.2, -0.15) is 0 Å². The average Bonchev–Trinajstić information content (AvgIpc) is 2.82. The standard InChI is InChI=1S/C21H30N2O3/c1-12(2)15-9-16(13(3)4)20(17(10-15)14(5)6)22-18-11-19(25)23(7-8-24)21(18)26/h9-14,22,24H,7-8H2,1-6H3. The highest BCUT2D eigenvalue weighted by atomic mass is 16.3. The first-order valence-corrected chi connectivity index (χ1v) is 9.30. The number of aliphatic hydroxyl groups is 1. The Kier molecular flexibility index (Phi) is 6.24. The van der Waals surface area contributed by atoms with Crippen LogP contribution in [-0.4, -0.2) is 35.0 Å². The van der Waals surface area contributed by atoms with E-state index < -0.39 is 0 Å². The first-order chi connectivity index (χ1) is 12.2. The number of β-amino-alcohol motifs (C(OH)–C–C–N with tert-alkyl or cyclic N) is 1. The second kappa shape index (κ2) is 8.04. The van der Waals surface area contributed by atoms with Crippen LogP contribution in [0.3, 0.4) is 0 Å². The Morgan fingerprint density at radius 3 is 1.92 bits per heavy atom. The molecule has 0 spiro atoms. The van der Waals surface area contributed by atoms with E-state index in [1.165, 1.54) is 11.6 Å². The molecule has 0 saturated heterocycles. The van der Waals surface area contributed by atoms with Crippen molar-refractivity contribution in [3.8, 4) is 0 Å². The summed E-state index contributed by atoms with van der Waals surface area (Å²) in [6.45, 7) is 12.6. The van der Waals surface area contributed by atoms with E-state index in [1.54, 1.807) is 0 Å². The van der Waals surface area contributed by atoms with Crippen LogP contribution >= 0.6 is 0 Å². The number of anilines is 1. The van der Waals surface area contributed by atoms with Gasteiger partial charge in [-0.05, 0) is 34.4 Å². The Hall–Kier alpha value is -2.14. The van der Waals surface area contributed by atoms with Gasteiger partial charge in [0.15, 0.2) is 0 Å². The lowest BCUT2D eigenvalue weighted by molar-refractivity contribution is -0.137. The van der Waals surface area contributed by atoms with Gasteiger partial charge in [-0.3, -0.25) is 14.5 Å². The number of imide groups is 1. The molecule has 2 N–H and O–H groups in total. The van der Waals surface area contributed by atoms with E-state index >= 15 is 0 Å². The normalized spacial score (nSPS) is 14.8. The number of aliphatic hydroxyl groups excluding tert-OH is 1. The first kappa shape index (κ1) is 20.2. The number of nitrogens with one attached hydrogen (secondary N) is 1. The molecule has 26 heavy (non-hydrogen) atoms. The maximum absolute atomic E-state index is 12.5. The summed E-state index contributed by atoms with van der Waals surface area (Å²) in [7, 11) is 0. The minimum absolute atomic E-state index is 0.0136. The fourth-order valence-electron chi connectivity index (χ4n) is 3.14. The highest BCUT2D eigenvalue weighted by Gasteiger charge is 2.31. The molecule has 2 rings (SSSR count). The van der Waals surface area contributed by atoms with Crippen molar-refractivity contribution in [2.75, 3.05) is 18.5 Å². The summed E-state index contributed by atoms with van der Waals surface area (Å²) in [5.74, 6) is 0.182. The summed E-state index contributed by atoms with van der Waals surface area (Å²) in [5.41, 5.74) is 4.73. The summed E-state index contributed by atoms with van der Waals surface area (Å²) >= 11 is 0. The number of carbonyl (C=O) groups is 2. The SMILES string of the molecule is CC(C)c1cc(C(C)C)c(NC2=CC(=O)N(CCO)C2=O)c(C(C)C)c1. The summed E-state index contributed by atoms with van der Waals surface area (Å²) in [5, 5.41) is 12.3. The number of carbonyl (C=O) groups excluding carboxylic acids is 2. The van der Waals surface area contributed by atoms with Crippen LogP contribution < -0.4 is 5.32 Å². The third-order valence-electron chi connectivity index (χ3n) is 4.73. The molecular weight excluding hydrogens is 328 g/mol. The molecule has 2 amide bonds. The number of benzene rings is 1. The minimum Gasteiger partial charge on any atom is -0.395 e. The number of amides is 2. The van der Waals surface area contributed by atoms with Crippen LogP contribution in [-0.2, 0) is 9.59 Å². The van der Waals surface area contributed by atoms with E-state index in [0.717, 1.165) is 21.7 Å². The van der Waals surface area contributed by atoms with E-state index in [9.17, 15) is 9.59 Å². The van der Waals surface area contributed by atoms with Crippen molar-refractivity contribution >= 4 is 17.5 Å². The van der Waals surface area contributed by atoms with Crippen LogP contribution in [0.15, 0.2) is 23.9 Å². The largest absolute Gasteiger partial charge is 0.395 e. The fourth-order valence-corrected chi connectivity index (χ4v) is 3.14. The number of rotatable bonds is 7. The topological polar surface area (TPSA) is 69.6 Å². The smallest absolute Gasteiger partial charge is 0.277 e. The van der Waals surface area contributed by atoms with Gasteiger partial charge in [0.2, 0.25) is 0 Å². The van der Waals surface area contributed by atoms with Gasteiger partial charge < -0.3 is 10.4 Å². The molecular formula is C21H30N2O3. The van der Waals surface area contributed by atoms with Crippen LogP contribution in [0.2, 0.25) is 0 Å². The van der Waals surface area contributed by atoms with E-state index in [0.29, 0.717) is 5.92 Å². The van der Waals surface area contributed by atoms with Crippen LogP contribution in [0.25, 0.3) is 0 Å². The molecule has 1 aromatic rings. The number of hydrogen-bond acceptors (Lipinski definition) is 4. The van der Waals surface area contributed by atoms with Crippen molar-refractivity contribution < 1.29 is 14.7 Å². The molecule has 1 aliphatic rings. The van der Waals surface area contributed by atoms with Crippen molar-refractivity contribution in [2.45, 2.75) is 59.3 Å². The van der Waals surface area contributed by atoms with Crippen molar-refractivity contribution in [1.82, 2.24) is 4.90 Å². The van der Waals surface area contributed by atoms with Gasteiger partial charge in [0, 0.05) is 11.8 Å². The molecule has 0 saturated carbocycles. The minimum atomic E-state index is -0.388. The lowest BCUT2D eigenvalue weighted by Gasteiger charge is -2.24. The monoisotopic (exact) mass is 358 g/mol. The molecule has 142 valence electrons. The highest BCUT2D eigenvalue weighted by molar-refractivity contribution is 6.17. The van der Waals surface area contributed by atoms with Crippen LogP contribution in [0.1, 0.15) is 76.0 Å². The van der Waals surface area contributed by atoms with E-state index in [-0.39, 0.29) is 42.5 Å². The summed E-state index contributed by atoms with van der Waals surface area (Å²) in [4.78, 5) is 25.6. The molecule has 0 aliphatic carbocycles. The van der Waals surface area contributed by atoms with Gasteiger partial charge in [-0.1, -0.05) is 53.7 Å². The second-order valence-corrected chi connectivity index (χ2v) is 7.74. The van der Waals surface area contributed by atoms with E-state index in [4.69, 9.17) is 5.11 Å². The maximum Gasteiger partial charge on any atom is 0.277 e. The molecule has 0 bridgehead atoms. The van der Waals surface area contributed by atoms with Gasteiger partial charge in [-0.15, -0.1) is 0 Å². The summed E-state index contributed by atoms with van der Waals surface area (Å²) in [6, 6.07) is 4.38. The maximum atomic E-state index is 12.5. The fraction of sp³-hybridized carbons (Fsp3) is 0.524. The van der Waals surface area contributed by atoms with E-state index in [1.807, 2.05) is 0 Å². The zero-order chi connectivity index (χ0) is 19.6. The Labute approximate surface area is 156 Å². The van der Waals surface area contributed by atoms with Crippen molar-refractivity contribution in [3.63, 3.8) is 0 Å². The highest BCUT2D eigenvalue weighted by Crippen LogP contribution is 2.37. The molecule has 1 heterocycles. The predicted molar refractivity (Wildman–Crippen MR) is 104 cm³/mol. The van der Waals surface area contributed by atoms with Gasteiger partial charge in [0.1, 0.15) is 5.70 Å². The lowest BCUT2D eigenvalue weighted by atomic mass is 9.87. The van der Waals surface area contributed by atoms with Gasteiger partial charge in [0.05, 0.1) is 13.2 Å². The Balaban J connectivity index is 2.50. The molecule has 0 unspecified atom stereocenters. The van der Waals surface area contributed by atoms with Crippen LogP contribution in [0.4, 0.5) is 5.69 Å². The van der Waals surface area contributed by atoms with Crippen molar-refractivity contribution in [3.05, 3.63) is 40.6 Å². The van der Waals surface area contributed by atoms with Gasteiger partial charge >= 0.3 is 0 Å². The quantitative estimate of drug-likeness (QED) is 0.729. The summed E-state index contributed by atoms with van der Waals surface area (Å²) in [6.07, 6.45) is 1.32. The Morgan fingerprint density at radius 2 is 1.50 bits per heavy atom. The average molecular weight is 358 g/mol. The molecule has 0 aromatic heterocycles. The number of nitrogens with zero attached hydrogens (tertiary/aromatic N) is 1. The first-order valence-electron chi connectivity index (χ1n) is 9.30. The molecule has 0 atom stereocenters. The molecule has 0 fully saturated rings. The third kappa shape index (κ3) is 3.98. The molecule has 1 aromatic carbocycles. The predicted octanol–water partition coefficient (Wildman–Crippen LogP) is 3.71. The second-order valence-electron chi connectivity index (χ2n) is 7.74. The number of hydrogen-bond donors (Lipinski definition) is 2. The van der Waals surface area contributed by atoms with Gasteiger partial charge in [-0.25, -0.2) is 0 Å². The van der Waals surface area contributed by atoms with Crippen LogP contribution in [0.5, 0.6) is 0 Å². The van der Waals surface area contributed by atoms with E-state index in [2.05, 4.69) is 59.0 Å². The molecule has 5 heteroatoms. The van der Waals surface area contributed by atoms with Crippen molar-refractivity contribution in [1.29, 1.82) is 0 Å². The summed E-state index contributed by atoms with van der Waals surface area (Å²) < 4.78 is 0. The third-order valence-corrected chi connectivity index (χ3v) is 4.73.